The Hall–Kier alpha value is -4.20. The van der Waals surface area contributed by atoms with E-state index in [0.29, 0.717) is 46.4 Å². The predicted octanol–water partition coefficient (Wildman–Crippen LogP) is 5.16. The summed E-state index contributed by atoms with van der Waals surface area (Å²) < 4.78 is 21.8. The van der Waals surface area contributed by atoms with Crippen LogP contribution in [0.4, 0.5) is 5.69 Å². The van der Waals surface area contributed by atoms with Gasteiger partial charge in [0.1, 0.15) is 28.9 Å². The fourth-order valence-electron chi connectivity index (χ4n) is 4.48. The van der Waals surface area contributed by atoms with E-state index < -0.39 is 5.97 Å². The molecule has 0 aliphatic carbocycles. The zero-order chi connectivity index (χ0) is 26.6. The van der Waals surface area contributed by atoms with Gasteiger partial charge in [-0.25, -0.2) is 9.78 Å². The first-order valence-electron chi connectivity index (χ1n) is 12.1. The van der Waals surface area contributed by atoms with Crippen molar-refractivity contribution in [1.29, 1.82) is 5.26 Å². The number of hydrogen-bond acceptors (Lipinski definition) is 10. The van der Waals surface area contributed by atoms with Gasteiger partial charge >= 0.3 is 5.97 Å². The van der Waals surface area contributed by atoms with Gasteiger partial charge in [0.25, 0.3) is 0 Å². The summed E-state index contributed by atoms with van der Waals surface area (Å²) >= 11 is 1.27. The van der Waals surface area contributed by atoms with Gasteiger partial charge in [0.2, 0.25) is 5.88 Å². The third-order valence-electron chi connectivity index (χ3n) is 6.42. The van der Waals surface area contributed by atoms with Gasteiger partial charge in [-0.05, 0) is 43.5 Å². The number of thiophene rings is 1. The number of rotatable bonds is 7. The molecular formula is C28H26N4O5S. The van der Waals surface area contributed by atoms with E-state index in [0.717, 1.165) is 29.9 Å². The molecule has 1 aliphatic heterocycles. The van der Waals surface area contributed by atoms with E-state index in [1.165, 1.54) is 18.4 Å². The molecule has 0 N–H and O–H groups in total. The van der Waals surface area contributed by atoms with Crippen LogP contribution < -0.4 is 9.64 Å². The van der Waals surface area contributed by atoms with E-state index in [4.69, 9.17) is 23.7 Å². The first-order chi connectivity index (χ1) is 18.5. The van der Waals surface area contributed by atoms with Gasteiger partial charge in [-0.15, -0.1) is 11.3 Å². The number of pyridine rings is 1. The number of aryl methyl sites for hydroxylation is 2. The highest BCUT2D eigenvalue weighted by molar-refractivity contribution is 7.12. The fourth-order valence-corrected chi connectivity index (χ4v) is 5.30. The zero-order valence-electron chi connectivity index (χ0n) is 21.3. The van der Waals surface area contributed by atoms with E-state index in [1.807, 2.05) is 32.0 Å². The molecule has 0 radical (unpaired) electrons. The Morgan fingerprint density at radius 3 is 2.61 bits per heavy atom. The normalized spacial score (nSPS) is 13.3. The number of carbonyl (C=O) groups excluding carboxylic acids is 1. The van der Waals surface area contributed by atoms with Crippen molar-refractivity contribution in [2.75, 3.05) is 38.3 Å². The van der Waals surface area contributed by atoms with Crippen molar-refractivity contribution in [2.45, 2.75) is 20.5 Å². The van der Waals surface area contributed by atoms with Crippen molar-refractivity contribution in [3.05, 3.63) is 69.2 Å². The van der Waals surface area contributed by atoms with Crippen LogP contribution in [0.25, 0.3) is 22.4 Å². The van der Waals surface area contributed by atoms with Crippen LogP contribution in [-0.4, -0.2) is 49.5 Å². The zero-order valence-corrected chi connectivity index (χ0v) is 22.1. The predicted molar refractivity (Wildman–Crippen MR) is 142 cm³/mol. The number of methoxy groups -OCH3 is 1. The summed E-state index contributed by atoms with van der Waals surface area (Å²) in [5, 5.41) is 16.0. The van der Waals surface area contributed by atoms with Gasteiger partial charge in [-0.3, -0.25) is 0 Å². The summed E-state index contributed by atoms with van der Waals surface area (Å²) in [5.74, 6) is 0.326. The van der Waals surface area contributed by atoms with Gasteiger partial charge in [0, 0.05) is 41.0 Å². The molecule has 0 atom stereocenters. The molecule has 0 unspecified atom stereocenters. The summed E-state index contributed by atoms with van der Waals surface area (Å²) in [6.45, 7) is 6.80. The number of ether oxygens (including phenoxy) is 3. The molecule has 0 bridgehead atoms. The highest BCUT2D eigenvalue weighted by Crippen LogP contribution is 2.37. The minimum Gasteiger partial charge on any atom is -0.472 e. The topological polar surface area (TPSA) is 111 Å². The second-order valence-electron chi connectivity index (χ2n) is 8.75. The molecule has 5 rings (SSSR count). The Labute approximate surface area is 224 Å². The van der Waals surface area contributed by atoms with Crippen molar-refractivity contribution in [3.8, 4) is 34.3 Å². The maximum Gasteiger partial charge on any atom is 0.348 e. The Balaban J connectivity index is 1.55. The molecule has 3 aromatic heterocycles. The standard InChI is InChI=1S/C28H26N4O5S/c1-17-25(18(2)37-31-17)22-14-24(19-4-6-21(7-5-19)32-9-11-35-12-10-32)30-27(23(22)15-29)36-16-20-8-13-38-26(20)28(33)34-3/h4-8,13-14H,9-12,16H2,1-3H3. The van der Waals surface area contributed by atoms with E-state index in [9.17, 15) is 10.1 Å². The largest absolute Gasteiger partial charge is 0.472 e. The first kappa shape index (κ1) is 25.4. The van der Waals surface area contributed by atoms with Crippen molar-refractivity contribution >= 4 is 23.0 Å². The van der Waals surface area contributed by atoms with Crippen molar-refractivity contribution in [1.82, 2.24) is 10.1 Å². The lowest BCUT2D eigenvalue weighted by molar-refractivity contribution is 0.0603. The first-order valence-corrected chi connectivity index (χ1v) is 13.0. The SMILES string of the molecule is COC(=O)c1sccc1COc1nc(-c2ccc(N3CCOCC3)cc2)cc(-c2c(C)noc2C)c1C#N. The Morgan fingerprint density at radius 1 is 1.18 bits per heavy atom. The molecule has 1 fully saturated rings. The van der Waals surface area contributed by atoms with Crippen LogP contribution >= 0.6 is 11.3 Å². The average Bonchev–Trinajstić information content (AvgIpc) is 3.57. The van der Waals surface area contributed by atoms with Crippen LogP contribution in [0.1, 0.15) is 32.3 Å². The second-order valence-corrected chi connectivity index (χ2v) is 9.66. The average molecular weight is 531 g/mol. The molecule has 9 nitrogen and oxygen atoms in total. The third kappa shape index (κ3) is 4.98. The van der Waals surface area contributed by atoms with Crippen LogP contribution in [0, 0.1) is 25.2 Å². The van der Waals surface area contributed by atoms with E-state index in [2.05, 4.69) is 28.3 Å². The highest BCUT2D eigenvalue weighted by atomic mass is 32.1. The lowest BCUT2D eigenvalue weighted by atomic mass is 9.97. The van der Waals surface area contributed by atoms with Crippen molar-refractivity contribution in [3.63, 3.8) is 0 Å². The monoisotopic (exact) mass is 530 g/mol. The van der Waals surface area contributed by atoms with E-state index in [-0.39, 0.29) is 18.1 Å². The Bertz CT molecular complexity index is 1480. The van der Waals surface area contributed by atoms with Crippen molar-refractivity contribution < 1.29 is 23.5 Å². The van der Waals surface area contributed by atoms with Crippen LogP contribution in [0.5, 0.6) is 5.88 Å². The maximum atomic E-state index is 12.1. The number of anilines is 1. The number of nitriles is 1. The molecule has 38 heavy (non-hydrogen) atoms. The number of aromatic nitrogens is 2. The molecule has 1 saturated heterocycles. The van der Waals surface area contributed by atoms with Crippen LogP contribution in [0.3, 0.4) is 0 Å². The van der Waals surface area contributed by atoms with Gasteiger partial charge in [-0.1, -0.05) is 17.3 Å². The number of hydrogen-bond donors (Lipinski definition) is 0. The fraction of sp³-hybridized carbons (Fsp3) is 0.286. The van der Waals surface area contributed by atoms with Crippen LogP contribution in [0.2, 0.25) is 0 Å². The molecule has 0 saturated carbocycles. The van der Waals surface area contributed by atoms with Crippen LogP contribution in [0.15, 0.2) is 46.3 Å². The van der Waals surface area contributed by atoms with Gasteiger partial charge in [0.15, 0.2) is 0 Å². The van der Waals surface area contributed by atoms with Crippen molar-refractivity contribution in [2.24, 2.45) is 0 Å². The van der Waals surface area contributed by atoms with Gasteiger partial charge in [0.05, 0.1) is 31.7 Å². The molecule has 194 valence electrons. The molecule has 0 spiro atoms. The third-order valence-corrected chi connectivity index (χ3v) is 7.36. The number of benzene rings is 1. The minimum atomic E-state index is -0.433. The number of carbonyl (C=O) groups is 1. The quantitative estimate of drug-likeness (QED) is 0.299. The highest BCUT2D eigenvalue weighted by Gasteiger charge is 2.23. The Morgan fingerprint density at radius 2 is 1.95 bits per heavy atom. The minimum absolute atomic E-state index is 0.0517. The van der Waals surface area contributed by atoms with E-state index in [1.54, 1.807) is 11.4 Å². The summed E-state index contributed by atoms with van der Waals surface area (Å²) in [4.78, 5) is 19.6. The Kier molecular flexibility index (Phi) is 7.40. The molecule has 1 aliphatic rings. The lowest BCUT2D eigenvalue weighted by Gasteiger charge is -2.28. The smallest absolute Gasteiger partial charge is 0.348 e. The summed E-state index contributed by atoms with van der Waals surface area (Å²) in [6, 6.07) is 14.1. The van der Waals surface area contributed by atoms with Crippen LogP contribution in [-0.2, 0) is 16.1 Å². The van der Waals surface area contributed by atoms with Gasteiger partial charge < -0.3 is 23.6 Å². The van der Waals surface area contributed by atoms with E-state index >= 15 is 0 Å². The molecule has 4 heterocycles. The maximum absolute atomic E-state index is 12.1. The molecular weight excluding hydrogens is 504 g/mol. The summed E-state index contributed by atoms with van der Waals surface area (Å²) in [6.07, 6.45) is 0. The van der Waals surface area contributed by atoms with Gasteiger partial charge in [-0.2, -0.15) is 5.26 Å². The molecule has 4 aromatic rings. The number of nitrogens with zero attached hydrogens (tertiary/aromatic N) is 4. The number of esters is 1. The molecule has 1 aromatic carbocycles. The number of morpholine rings is 1. The molecule has 10 heteroatoms. The summed E-state index contributed by atoms with van der Waals surface area (Å²) in [5.41, 5.74) is 5.56. The molecule has 0 amide bonds. The lowest BCUT2D eigenvalue weighted by Crippen LogP contribution is -2.36. The summed E-state index contributed by atoms with van der Waals surface area (Å²) in [7, 11) is 1.34. The second kappa shape index (κ2) is 11.0.